The maximum Gasteiger partial charge on any atom is 0.0804 e. The smallest absolute Gasteiger partial charge is 0.0804 e. The number of piperidine rings is 3. The van der Waals surface area contributed by atoms with Crippen LogP contribution in [-0.4, -0.2) is 42.4 Å². The van der Waals surface area contributed by atoms with Gasteiger partial charge in [0.25, 0.3) is 0 Å². The highest BCUT2D eigenvalue weighted by atomic mass is 79.9. The van der Waals surface area contributed by atoms with Crippen LogP contribution in [0.15, 0.2) is 4.99 Å². The van der Waals surface area contributed by atoms with Crippen molar-refractivity contribution in [1.82, 2.24) is 0 Å². The van der Waals surface area contributed by atoms with Gasteiger partial charge in [0.1, 0.15) is 0 Å². The molecule has 3 aliphatic heterocycles. The zero-order valence-electron chi connectivity index (χ0n) is 9.12. The van der Waals surface area contributed by atoms with E-state index in [9.17, 15) is 0 Å². The third kappa shape index (κ3) is 3.35. The van der Waals surface area contributed by atoms with E-state index >= 15 is 0 Å². The van der Waals surface area contributed by atoms with E-state index in [1.807, 2.05) is 0 Å². The zero-order chi connectivity index (χ0) is 9.86. The van der Waals surface area contributed by atoms with Crippen molar-refractivity contribution >= 4 is 17.4 Å². The summed E-state index contributed by atoms with van der Waals surface area (Å²) in [6.45, 7) is 6.46. The molecule has 0 atom stereocenters. The minimum absolute atomic E-state index is 0. The third-order valence-corrected chi connectivity index (χ3v) is 4.13. The second-order valence-electron chi connectivity index (χ2n) is 4.79. The van der Waals surface area contributed by atoms with Crippen LogP contribution in [-0.2, 0) is 0 Å². The van der Waals surface area contributed by atoms with Crippen LogP contribution < -0.4 is 17.0 Å². The molecule has 0 spiro atoms. The number of halogens is 1. The second kappa shape index (κ2) is 6.09. The average molecular weight is 291 g/mol. The van der Waals surface area contributed by atoms with Crippen molar-refractivity contribution in [2.75, 3.05) is 32.7 Å². The highest BCUT2D eigenvalue weighted by Crippen LogP contribution is 2.33. The van der Waals surface area contributed by atoms with Crippen LogP contribution in [0.25, 0.3) is 0 Å². The van der Waals surface area contributed by atoms with E-state index in [-0.39, 0.29) is 17.0 Å². The van der Waals surface area contributed by atoms with Gasteiger partial charge < -0.3 is 21.5 Å². The molecule has 0 amide bonds. The number of isothiocyanates is 1. The van der Waals surface area contributed by atoms with Gasteiger partial charge in [-0.05, 0) is 37.4 Å². The van der Waals surface area contributed by atoms with Crippen molar-refractivity contribution < 1.29 is 21.5 Å². The maximum atomic E-state index is 4.56. The van der Waals surface area contributed by atoms with Crippen LogP contribution >= 0.6 is 12.2 Å². The SMILES string of the molecule is S=C=NCCC[N+]12CCC(CC1)CC2.[Br-]. The third-order valence-electron chi connectivity index (χ3n) is 4.00. The fourth-order valence-electron chi connectivity index (χ4n) is 3.00. The molecule has 4 heteroatoms. The first kappa shape index (κ1) is 13.3. The molecule has 0 aromatic heterocycles. The normalized spacial score (nSPS) is 32.9. The molecule has 15 heavy (non-hydrogen) atoms. The predicted octanol–water partition coefficient (Wildman–Crippen LogP) is -0.886. The first-order chi connectivity index (χ1) is 6.85. The van der Waals surface area contributed by atoms with Gasteiger partial charge in [0.05, 0.1) is 37.9 Å². The van der Waals surface area contributed by atoms with Crippen molar-refractivity contribution in [3.63, 3.8) is 0 Å². The minimum atomic E-state index is 0. The van der Waals surface area contributed by atoms with Crippen molar-refractivity contribution in [3.8, 4) is 0 Å². The Morgan fingerprint density at radius 1 is 1.20 bits per heavy atom. The van der Waals surface area contributed by atoms with Crippen molar-refractivity contribution in [2.24, 2.45) is 10.9 Å². The average Bonchev–Trinajstić information content (AvgIpc) is 2.27. The van der Waals surface area contributed by atoms with Crippen molar-refractivity contribution in [3.05, 3.63) is 0 Å². The summed E-state index contributed by atoms with van der Waals surface area (Å²) in [6.07, 6.45) is 5.59. The molecule has 0 radical (unpaired) electrons. The molecule has 3 rings (SSSR count). The minimum Gasteiger partial charge on any atom is -1.00 e. The fraction of sp³-hybridized carbons (Fsp3) is 0.909. The Hall–Kier alpha value is 0.240. The molecule has 3 heterocycles. The van der Waals surface area contributed by atoms with Crippen LogP contribution in [0.3, 0.4) is 0 Å². The van der Waals surface area contributed by atoms with Gasteiger partial charge in [0.15, 0.2) is 0 Å². The topological polar surface area (TPSA) is 12.4 Å². The highest BCUT2D eigenvalue weighted by Gasteiger charge is 2.38. The lowest BCUT2D eigenvalue weighted by molar-refractivity contribution is -0.942. The molecule has 86 valence electrons. The maximum absolute atomic E-state index is 4.56. The summed E-state index contributed by atoms with van der Waals surface area (Å²) < 4.78 is 1.38. The van der Waals surface area contributed by atoms with Gasteiger partial charge in [-0.25, -0.2) is 4.99 Å². The summed E-state index contributed by atoms with van der Waals surface area (Å²) in [5, 5.41) is 2.45. The largest absolute Gasteiger partial charge is 1.00 e. The quantitative estimate of drug-likeness (QED) is 0.283. The first-order valence-corrected chi connectivity index (χ1v) is 6.14. The summed E-state index contributed by atoms with van der Waals surface area (Å²) in [6, 6.07) is 0. The van der Waals surface area contributed by atoms with Gasteiger partial charge in [-0.2, -0.15) is 0 Å². The molecular weight excluding hydrogens is 272 g/mol. The molecule has 3 fully saturated rings. The van der Waals surface area contributed by atoms with Gasteiger partial charge in [0.2, 0.25) is 0 Å². The van der Waals surface area contributed by atoms with E-state index in [0.717, 1.165) is 12.5 Å². The van der Waals surface area contributed by atoms with Gasteiger partial charge in [0, 0.05) is 6.42 Å². The molecular formula is C11H19BrN2S. The van der Waals surface area contributed by atoms with Crippen LogP contribution in [0.2, 0.25) is 0 Å². The molecule has 3 aliphatic rings. The number of hydrogen-bond donors (Lipinski definition) is 0. The standard InChI is InChI=1S/C11H19N2S.BrH/c14-10-12-5-1-6-13-7-2-11(3-8-13)4-9-13;/h11H,1-9H2;1H/q+1;/p-1. The molecule has 0 aromatic rings. The van der Waals surface area contributed by atoms with E-state index in [1.165, 1.54) is 56.3 Å². The summed E-state index contributed by atoms with van der Waals surface area (Å²) in [5.41, 5.74) is 0. The first-order valence-electron chi connectivity index (χ1n) is 5.73. The van der Waals surface area contributed by atoms with E-state index in [1.54, 1.807) is 0 Å². The monoisotopic (exact) mass is 290 g/mol. The Kier molecular flexibility index (Phi) is 5.41. The Morgan fingerprint density at radius 3 is 2.33 bits per heavy atom. The number of rotatable bonds is 4. The molecule has 2 nitrogen and oxygen atoms in total. The Labute approximate surface area is 108 Å². The van der Waals surface area contributed by atoms with Gasteiger partial charge in [-0.1, -0.05) is 0 Å². The molecule has 2 bridgehead atoms. The van der Waals surface area contributed by atoms with Crippen LogP contribution in [0.4, 0.5) is 0 Å². The van der Waals surface area contributed by atoms with Crippen molar-refractivity contribution in [1.29, 1.82) is 0 Å². The Bertz CT molecular complexity index is 229. The number of aliphatic imine (C=N–C) groups is 1. The predicted molar refractivity (Wildman–Crippen MR) is 61.6 cm³/mol. The van der Waals surface area contributed by atoms with Crippen molar-refractivity contribution in [2.45, 2.75) is 25.7 Å². The number of quaternary nitrogens is 1. The van der Waals surface area contributed by atoms with Crippen LogP contribution in [0.1, 0.15) is 25.7 Å². The van der Waals surface area contributed by atoms with E-state index in [0.29, 0.717) is 0 Å². The summed E-state index contributed by atoms with van der Waals surface area (Å²) in [5.74, 6) is 1.06. The van der Waals surface area contributed by atoms with Crippen LogP contribution in [0, 0.1) is 5.92 Å². The summed E-state index contributed by atoms with van der Waals surface area (Å²) in [4.78, 5) is 3.99. The zero-order valence-corrected chi connectivity index (χ0v) is 11.5. The van der Waals surface area contributed by atoms with E-state index in [4.69, 9.17) is 0 Å². The molecule has 0 aromatic carbocycles. The molecule has 3 saturated heterocycles. The molecule has 0 unspecified atom stereocenters. The number of nitrogens with zero attached hydrogens (tertiary/aromatic N) is 2. The highest BCUT2D eigenvalue weighted by molar-refractivity contribution is 7.78. The number of fused-ring (bicyclic) bond motifs is 3. The summed E-state index contributed by atoms with van der Waals surface area (Å²) in [7, 11) is 0. The lowest BCUT2D eigenvalue weighted by Gasteiger charge is -2.49. The van der Waals surface area contributed by atoms with Crippen LogP contribution in [0.5, 0.6) is 0 Å². The Balaban J connectivity index is 0.00000112. The Morgan fingerprint density at radius 2 is 1.80 bits per heavy atom. The van der Waals surface area contributed by atoms with Gasteiger partial charge in [-0.15, -0.1) is 0 Å². The van der Waals surface area contributed by atoms with E-state index in [2.05, 4.69) is 22.4 Å². The second-order valence-corrected chi connectivity index (χ2v) is 4.98. The number of hydrogen-bond acceptors (Lipinski definition) is 2. The van der Waals surface area contributed by atoms with E-state index < -0.39 is 0 Å². The fourth-order valence-corrected chi connectivity index (χ4v) is 3.10. The molecule has 0 N–H and O–H groups in total. The number of thiocarbonyl (C=S) groups is 1. The van der Waals surface area contributed by atoms with Gasteiger partial charge >= 0.3 is 0 Å². The lowest BCUT2D eigenvalue weighted by atomic mass is 9.85. The molecule has 0 aliphatic carbocycles. The molecule has 0 saturated carbocycles. The summed E-state index contributed by atoms with van der Waals surface area (Å²) >= 11 is 4.56. The lowest BCUT2D eigenvalue weighted by Crippen LogP contribution is -3.00. The van der Waals surface area contributed by atoms with Gasteiger partial charge in [-0.3, -0.25) is 0 Å².